The summed E-state index contributed by atoms with van der Waals surface area (Å²) in [7, 11) is 9.95. The third-order valence-corrected chi connectivity index (χ3v) is 8.63. The monoisotopic (exact) mass is 403 g/mol. The maximum Gasteiger partial charge on any atom is 0.282 e. The number of para-hydroxylation sites is 1. The van der Waals surface area contributed by atoms with Gasteiger partial charge in [-0.2, -0.15) is 0 Å². The Kier molecular flexibility index (Phi) is 7.21. The average Bonchev–Trinajstić information content (AvgIpc) is 2.65. The highest BCUT2D eigenvalue weighted by atomic mass is 31.2. The lowest BCUT2D eigenvalue weighted by atomic mass is 10.2. The first kappa shape index (κ1) is 21.9. The third kappa shape index (κ3) is 4.36. The van der Waals surface area contributed by atoms with E-state index in [2.05, 4.69) is 19.4 Å². The minimum Gasteiger partial charge on any atom is -0.275 e. The highest BCUT2D eigenvalue weighted by Gasteiger charge is 2.54. The largest absolute Gasteiger partial charge is 0.282 e. The summed E-state index contributed by atoms with van der Waals surface area (Å²) in [6.45, 7) is 0. The minimum absolute atomic E-state index is 0.0580. The molecular weight excluding hydrogens is 375 g/mol. The molecule has 0 unspecified atom stereocenters. The van der Waals surface area contributed by atoms with Gasteiger partial charge in [-0.1, -0.05) is 18.2 Å². The predicted molar refractivity (Wildman–Crippen MR) is 118 cm³/mol. The van der Waals surface area contributed by atoms with Gasteiger partial charge in [0.1, 0.15) is 0 Å². The van der Waals surface area contributed by atoms with E-state index in [0.29, 0.717) is 0 Å². The maximum absolute atomic E-state index is 11.1. The molecule has 8 nitrogen and oxygen atoms in total. The van der Waals surface area contributed by atoms with Gasteiger partial charge in [-0.15, -0.1) is 19.1 Å². The molecule has 9 heteroatoms. The topological polar surface area (TPSA) is 77.2 Å². The lowest BCUT2D eigenvalue weighted by Crippen LogP contribution is -2.41. The predicted octanol–water partition coefficient (Wildman–Crippen LogP) is 3.82. The average molecular weight is 403 g/mol. The summed E-state index contributed by atoms with van der Waals surface area (Å²) in [5.41, 5.74) is 5.74. The summed E-state index contributed by atoms with van der Waals surface area (Å²) in [4.78, 5) is 10.7. The fraction of sp³-hybridized carbons (Fsp3) is 0.316. The summed E-state index contributed by atoms with van der Waals surface area (Å²) in [6, 6.07) is 16.3. The molecule has 0 atom stereocenters. The fourth-order valence-corrected chi connectivity index (χ4v) is 7.27. The number of nitro groups is 1. The van der Waals surface area contributed by atoms with E-state index in [1.807, 2.05) is 72.6 Å². The second-order valence-corrected chi connectivity index (χ2v) is 10.8. The molecule has 0 fully saturated rings. The van der Waals surface area contributed by atoms with Gasteiger partial charge >= 0.3 is 0 Å². The van der Waals surface area contributed by atoms with Crippen LogP contribution in [-0.4, -0.2) is 66.7 Å². The minimum atomic E-state index is -2.20. The SMILES string of the molecule is CN(C)[P+](C(=NNc1ccccc1)c1ccc([N+](=O)[O-])cc1)(N(C)C)N(C)C. The lowest BCUT2D eigenvalue weighted by Gasteiger charge is -2.39. The molecule has 28 heavy (non-hydrogen) atoms. The Hall–Kier alpha value is -2.38. The molecule has 0 spiro atoms. The first-order valence-electron chi connectivity index (χ1n) is 8.77. The van der Waals surface area contributed by atoms with Gasteiger partial charge in [0.15, 0.2) is 0 Å². The number of non-ortho nitro benzene ring substituents is 1. The Morgan fingerprint density at radius 2 is 1.39 bits per heavy atom. The highest BCUT2D eigenvalue weighted by Crippen LogP contribution is 2.66. The first-order valence-corrected chi connectivity index (χ1v) is 10.4. The molecule has 0 amide bonds. The summed E-state index contributed by atoms with van der Waals surface area (Å²) >= 11 is 0. The van der Waals surface area contributed by atoms with Gasteiger partial charge in [0.05, 0.1) is 10.6 Å². The smallest absolute Gasteiger partial charge is 0.275 e. The fourth-order valence-electron chi connectivity index (χ4n) is 3.31. The van der Waals surface area contributed by atoms with E-state index >= 15 is 0 Å². The van der Waals surface area contributed by atoms with Crippen LogP contribution in [0.4, 0.5) is 11.4 Å². The molecule has 0 aliphatic rings. The van der Waals surface area contributed by atoms with Crippen molar-refractivity contribution in [2.24, 2.45) is 5.10 Å². The van der Waals surface area contributed by atoms with Crippen LogP contribution in [0.5, 0.6) is 0 Å². The zero-order valence-corrected chi connectivity index (χ0v) is 18.1. The Labute approximate surface area is 167 Å². The normalized spacial score (nSPS) is 12.7. The number of hydrogen-bond donors (Lipinski definition) is 1. The van der Waals surface area contributed by atoms with Crippen molar-refractivity contribution in [3.8, 4) is 0 Å². The number of benzene rings is 2. The molecule has 2 rings (SSSR count). The molecule has 150 valence electrons. The molecular formula is C19H28N6O2P+. The van der Waals surface area contributed by atoms with Gasteiger partial charge in [-0.05, 0) is 24.3 Å². The summed E-state index contributed by atoms with van der Waals surface area (Å²) in [5, 5.41) is 15.9. The molecule has 0 aliphatic carbocycles. The van der Waals surface area contributed by atoms with Gasteiger partial charge in [-0.25, -0.2) is 0 Å². The van der Waals surface area contributed by atoms with Crippen molar-refractivity contribution in [2.75, 3.05) is 47.7 Å². The summed E-state index contributed by atoms with van der Waals surface area (Å²) in [6.07, 6.45) is 0. The van der Waals surface area contributed by atoms with E-state index in [1.54, 1.807) is 12.1 Å². The Morgan fingerprint density at radius 3 is 1.82 bits per heavy atom. The van der Waals surface area contributed by atoms with Crippen molar-refractivity contribution in [1.29, 1.82) is 0 Å². The van der Waals surface area contributed by atoms with Crippen molar-refractivity contribution in [1.82, 2.24) is 14.0 Å². The van der Waals surface area contributed by atoms with Crippen molar-refractivity contribution < 1.29 is 4.92 Å². The molecule has 0 saturated heterocycles. The summed E-state index contributed by atoms with van der Waals surface area (Å²) in [5.74, 6) is 0. The molecule has 2 aromatic rings. The van der Waals surface area contributed by atoms with E-state index in [1.165, 1.54) is 12.1 Å². The van der Waals surface area contributed by atoms with Crippen molar-refractivity contribution in [2.45, 2.75) is 0 Å². The van der Waals surface area contributed by atoms with Crippen molar-refractivity contribution >= 4 is 24.5 Å². The molecule has 0 aliphatic heterocycles. The molecule has 0 heterocycles. The second-order valence-electron chi connectivity index (χ2n) is 6.83. The number of anilines is 1. The molecule has 0 bridgehead atoms. The van der Waals surface area contributed by atoms with Crippen molar-refractivity contribution in [3.05, 3.63) is 70.3 Å². The molecule has 0 radical (unpaired) electrons. The number of hydrogen-bond acceptors (Lipinski definition) is 7. The highest BCUT2D eigenvalue weighted by molar-refractivity contribution is 7.85. The van der Waals surface area contributed by atoms with Crippen LogP contribution in [0, 0.1) is 10.1 Å². The Balaban J connectivity index is 2.64. The number of nitrogens with zero attached hydrogens (tertiary/aromatic N) is 5. The number of nitro benzene ring substituents is 1. The van der Waals surface area contributed by atoms with E-state index in [-0.39, 0.29) is 5.69 Å². The van der Waals surface area contributed by atoms with Crippen LogP contribution in [0.25, 0.3) is 0 Å². The number of rotatable bonds is 8. The summed E-state index contributed by atoms with van der Waals surface area (Å²) < 4.78 is 6.50. The third-order valence-electron chi connectivity index (χ3n) is 4.36. The maximum atomic E-state index is 11.1. The molecule has 2 aromatic carbocycles. The van der Waals surface area contributed by atoms with Crippen LogP contribution in [0.1, 0.15) is 5.56 Å². The van der Waals surface area contributed by atoms with E-state index < -0.39 is 12.6 Å². The van der Waals surface area contributed by atoms with Crippen LogP contribution >= 0.6 is 7.71 Å². The van der Waals surface area contributed by atoms with E-state index in [4.69, 9.17) is 5.10 Å². The van der Waals surface area contributed by atoms with Crippen LogP contribution < -0.4 is 5.43 Å². The standard InChI is InChI=1S/C19H28N6O2P/c1-22(2)28(23(3)4,24(5)6)19(21-20-17-10-8-7-9-11-17)16-12-14-18(15-13-16)25(26)27/h7-15,20H,1-6H3/q+1. The van der Waals surface area contributed by atoms with Crippen LogP contribution in [0.2, 0.25) is 0 Å². The van der Waals surface area contributed by atoms with Gasteiger partial charge in [0.2, 0.25) is 0 Å². The molecule has 1 N–H and O–H groups in total. The Morgan fingerprint density at radius 1 is 0.893 bits per heavy atom. The lowest BCUT2D eigenvalue weighted by molar-refractivity contribution is -0.384. The zero-order valence-electron chi connectivity index (χ0n) is 17.2. The van der Waals surface area contributed by atoms with Gasteiger partial charge in [0.25, 0.3) is 18.9 Å². The van der Waals surface area contributed by atoms with Crippen LogP contribution in [0.15, 0.2) is 59.7 Å². The van der Waals surface area contributed by atoms with Gasteiger partial charge in [-0.3, -0.25) is 15.5 Å². The van der Waals surface area contributed by atoms with Crippen molar-refractivity contribution in [3.63, 3.8) is 0 Å². The van der Waals surface area contributed by atoms with Crippen LogP contribution in [0.3, 0.4) is 0 Å². The number of hydrazone groups is 1. The van der Waals surface area contributed by atoms with Gasteiger partial charge < -0.3 is 0 Å². The number of nitrogens with one attached hydrogen (secondary N) is 1. The van der Waals surface area contributed by atoms with Gasteiger partial charge in [0, 0.05) is 60.0 Å². The van der Waals surface area contributed by atoms with Crippen LogP contribution in [-0.2, 0) is 0 Å². The van der Waals surface area contributed by atoms with E-state index in [9.17, 15) is 10.1 Å². The zero-order chi connectivity index (χ0) is 20.9. The van der Waals surface area contributed by atoms with E-state index in [0.717, 1.165) is 16.7 Å². The molecule has 0 saturated carbocycles. The molecule has 0 aromatic heterocycles. The first-order chi connectivity index (χ1) is 13.2. The Bertz CT molecular complexity index is 800. The quantitative estimate of drug-likeness (QED) is 0.313. The second kappa shape index (κ2) is 9.21.